The van der Waals surface area contributed by atoms with E-state index in [-0.39, 0.29) is 0 Å². The number of hydrogen-bond acceptors (Lipinski definition) is 3. The molecule has 1 unspecified atom stereocenters. The minimum absolute atomic E-state index is 0.441. The molecule has 1 aliphatic carbocycles. The summed E-state index contributed by atoms with van der Waals surface area (Å²) in [5.74, 6) is 0.943. The molecule has 1 fully saturated rings. The molecule has 3 rings (SSSR count). The molecule has 1 atom stereocenters. The average Bonchev–Trinajstić information content (AvgIpc) is 3.13. The lowest BCUT2D eigenvalue weighted by atomic mass is 10.1. The van der Waals surface area contributed by atoms with Gasteiger partial charge in [0.25, 0.3) is 0 Å². The molecule has 0 radical (unpaired) electrons. The number of fused-ring (bicyclic) bond motifs is 1. The van der Waals surface area contributed by atoms with Crippen LogP contribution >= 0.6 is 11.6 Å². The quantitative estimate of drug-likeness (QED) is 0.548. The van der Waals surface area contributed by atoms with Gasteiger partial charge in [-0.1, -0.05) is 31.4 Å². The van der Waals surface area contributed by atoms with Gasteiger partial charge in [0.1, 0.15) is 0 Å². The van der Waals surface area contributed by atoms with Gasteiger partial charge >= 0.3 is 0 Å². The molecule has 0 aliphatic heterocycles. The zero-order valence-electron chi connectivity index (χ0n) is 17.1. The number of aromatic nitrogens is 1. The van der Waals surface area contributed by atoms with Crippen molar-refractivity contribution < 1.29 is 0 Å². The van der Waals surface area contributed by atoms with Gasteiger partial charge in [-0.3, -0.25) is 4.98 Å². The van der Waals surface area contributed by atoms with E-state index in [0.717, 1.165) is 16.5 Å². The van der Waals surface area contributed by atoms with Crippen LogP contribution in [0.25, 0.3) is 10.9 Å². The fraction of sp³-hybridized carbons (Fsp3) is 0.609. The number of anilines is 1. The van der Waals surface area contributed by atoms with Crippen molar-refractivity contribution in [1.82, 2.24) is 9.88 Å². The van der Waals surface area contributed by atoms with E-state index >= 15 is 0 Å². The van der Waals surface area contributed by atoms with E-state index in [0.29, 0.717) is 6.04 Å². The molecule has 0 amide bonds. The smallest absolute Gasteiger partial charge is 0.0740 e. The van der Waals surface area contributed by atoms with E-state index in [4.69, 9.17) is 11.6 Å². The number of nitrogens with one attached hydrogen (secondary N) is 1. The summed E-state index contributed by atoms with van der Waals surface area (Å²) in [6.45, 7) is 10.4. The second kappa shape index (κ2) is 9.75. The Morgan fingerprint density at radius 1 is 1.30 bits per heavy atom. The minimum Gasteiger partial charge on any atom is -0.382 e. The van der Waals surface area contributed by atoms with Crippen molar-refractivity contribution in [2.45, 2.75) is 65.3 Å². The van der Waals surface area contributed by atoms with Crippen LogP contribution in [0.5, 0.6) is 0 Å². The maximum atomic E-state index is 6.19. The van der Waals surface area contributed by atoms with E-state index in [9.17, 15) is 0 Å². The largest absolute Gasteiger partial charge is 0.382 e. The SMILES string of the molecule is CCN(CCCC(C)Nc1ccnc2cc(Cl)cc(C)c12)CC1CCCC1. The molecule has 1 saturated carbocycles. The number of rotatable bonds is 9. The molecular formula is C23H34ClN3. The molecule has 27 heavy (non-hydrogen) atoms. The highest BCUT2D eigenvalue weighted by Crippen LogP contribution is 2.29. The Morgan fingerprint density at radius 2 is 2.07 bits per heavy atom. The highest BCUT2D eigenvalue weighted by molar-refractivity contribution is 6.31. The second-order valence-electron chi connectivity index (χ2n) is 8.21. The molecule has 4 heteroatoms. The van der Waals surface area contributed by atoms with Crippen LogP contribution in [0.2, 0.25) is 5.02 Å². The standard InChI is InChI=1S/C23H34ClN3/c1-4-27(16-19-9-5-6-10-19)13-7-8-18(3)26-21-11-12-25-22-15-20(24)14-17(2)23(21)22/h11-12,14-15,18-19H,4-10,13,16H2,1-3H3,(H,25,26). The molecular weight excluding hydrogens is 354 g/mol. The van der Waals surface area contributed by atoms with Crippen molar-refractivity contribution >= 4 is 28.2 Å². The average molecular weight is 388 g/mol. The highest BCUT2D eigenvalue weighted by Gasteiger charge is 2.18. The first kappa shape index (κ1) is 20.4. The van der Waals surface area contributed by atoms with Gasteiger partial charge in [0.05, 0.1) is 5.52 Å². The van der Waals surface area contributed by atoms with Crippen molar-refractivity contribution in [1.29, 1.82) is 0 Å². The third kappa shape index (κ3) is 5.58. The topological polar surface area (TPSA) is 28.2 Å². The van der Waals surface area contributed by atoms with Crippen LogP contribution in [-0.2, 0) is 0 Å². The number of benzene rings is 1. The van der Waals surface area contributed by atoms with E-state index in [1.165, 1.54) is 74.8 Å². The van der Waals surface area contributed by atoms with E-state index in [1.807, 2.05) is 18.3 Å². The summed E-state index contributed by atoms with van der Waals surface area (Å²) >= 11 is 6.19. The molecule has 0 bridgehead atoms. The monoisotopic (exact) mass is 387 g/mol. The van der Waals surface area contributed by atoms with Crippen molar-refractivity contribution in [3.8, 4) is 0 Å². The van der Waals surface area contributed by atoms with Crippen molar-refractivity contribution in [2.75, 3.05) is 25.0 Å². The fourth-order valence-corrected chi connectivity index (χ4v) is 4.74. The number of nitrogens with zero attached hydrogens (tertiary/aromatic N) is 2. The Morgan fingerprint density at radius 3 is 2.81 bits per heavy atom. The number of hydrogen-bond donors (Lipinski definition) is 1. The van der Waals surface area contributed by atoms with Crippen molar-refractivity contribution in [2.24, 2.45) is 5.92 Å². The fourth-order valence-electron chi connectivity index (χ4n) is 4.47. The third-order valence-corrected chi connectivity index (χ3v) is 6.17. The Bertz CT molecular complexity index is 740. The summed E-state index contributed by atoms with van der Waals surface area (Å²) in [7, 11) is 0. The first-order valence-electron chi connectivity index (χ1n) is 10.6. The lowest BCUT2D eigenvalue weighted by molar-refractivity contribution is 0.237. The number of halogens is 1. The molecule has 0 spiro atoms. The maximum Gasteiger partial charge on any atom is 0.0740 e. The van der Waals surface area contributed by atoms with Gasteiger partial charge in [0.2, 0.25) is 0 Å². The summed E-state index contributed by atoms with van der Waals surface area (Å²) in [5, 5.41) is 5.64. The zero-order chi connectivity index (χ0) is 19.2. The molecule has 0 saturated heterocycles. The van der Waals surface area contributed by atoms with Crippen LogP contribution in [0.3, 0.4) is 0 Å². The van der Waals surface area contributed by atoms with Gasteiger partial charge in [-0.15, -0.1) is 0 Å². The van der Waals surface area contributed by atoms with Crippen LogP contribution in [0, 0.1) is 12.8 Å². The summed E-state index contributed by atoms with van der Waals surface area (Å²) in [6.07, 6.45) is 10.0. The van der Waals surface area contributed by atoms with Crippen LogP contribution in [0.15, 0.2) is 24.4 Å². The lowest BCUT2D eigenvalue weighted by Crippen LogP contribution is -2.30. The van der Waals surface area contributed by atoms with Gasteiger partial charge in [-0.2, -0.15) is 0 Å². The van der Waals surface area contributed by atoms with Gasteiger partial charge < -0.3 is 10.2 Å². The molecule has 1 aliphatic rings. The van der Waals surface area contributed by atoms with Crippen LogP contribution in [0.4, 0.5) is 5.69 Å². The summed E-state index contributed by atoms with van der Waals surface area (Å²) in [5.41, 5.74) is 3.31. The van der Waals surface area contributed by atoms with Crippen molar-refractivity contribution in [3.63, 3.8) is 0 Å². The predicted octanol–water partition coefficient (Wildman–Crippen LogP) is 6.29. The Kier molecular flexibility index (Phi) is 7.37. The molecule has 2 aromatic rings. The Hall–Kier alpha value is -1.32. The van der Waals surface area contributed by atoms with Gasteiger partial charge in [-0.25, -0.2) is 0 Å². The highest BCUT2D eigenvalue weighted by atomic mass is 35.5. The summed E-state index contributed by atoms with van der Waals surface area (Å²) < 4.78 is 0. The minimum atomic E-state index is 0.441. The third-order valence-electron chi connectivity index (χ3n) is 5.96. The van der Waals surface area contributed by atoms with E-state index in [1.54, 1.807) is 0 Å². The predicted molar refractivity (Wildman–Crippen MR) is 118 cm³/mol. The molecule has 1 heterocycles. The molecule has 1 aromatic carbocycles. The maximum absolute atomic E-state index is 6.19. The lowest BCUT2D eigenvalue weighted by Gasteiger charge is -2.25. The van der Waals surface area contributed by atoms with Crippen LogP contribution in [-0.4, -0.2) is 35.6 Å². The first-order chi connectivity index (χ1) is 13.1. The first-order valence-corrected chi connectivity index (χ1v) is 11.0. The summed E-state index contributed by atoms with van der Waals surface area (Å²) in [6, 6.07) is 6.49. The Labute approximate surface area is 169 Å². The van der Waals surface area contributed by atoms with E-state index in [2.05, 4.69) is 42.0 Å². The zero-order valence-corrected chi connectivity index (χ0v) is 17.9. The van der Waals surface area contributed by atoms with Gasteiger partial charge in [-0.05, 0) is 82.3 Å². The van der Waals surface area contributed by atoms with Gasteiger partial charge in [0, 0.05) is 34.9 Å². The van der Waals surface area contributed by atoms with Crippen LogP contribution in [0.1, 0.15) is 57.9 Å². The van der Waals surface area contributed by atoms with Crippen molar-refractivity contribution in [3.05, 3.63) is 35.0 Å². The number of aryl methyl sites for hydroxylation is 1. The van der Waals surface area contributed by atoms with Gasteiger partial charge in [0.15, 0.2) is 0 Å². The Balaban J connectivity index is 1.53. The normalized spacial score (nSPS) is 16.3. The molecule has 3 nitrogen and oxygen atoms in total. The molecule has 1 N–H and O–H groups in total. The second-order valence-corrected chi connectivity index (χ2v) is 8.64. The molecule has 1 aromatic heterocycles. The summed E-state index contributed by atoms with van der Waals surface area (Å²) in [4.78, 5) is 7.13. The molecule has 148 valence electrons. The van der Waals surface area contributed by atoms with Crippen LogP contribution < -0.4 is 5.32 Å². The number of pyridine rings is 1. The van der Waals surface area contributed by atoms with E-state index < -0.39 is 0 Å².